The Morgan fingerprint density at radius 3 is 2.37 bits per heavy atom. The zero-order valence-electron chi connectivity index (χ0n) is 15.9. The Hall–Kier alpha value is -2.61. The van der Waals surface area contributed by atoms with Crippen molar-refractivity contribution in [1.82, 2.24) is 10.2 Å². The van der Waals surface area contributed by atoms with Crippen LogP contribution in [0.25, 0.3) is 0 Å². The molecule has 0 spiro atoms. The van der Waals surface area contributed by atoms with Gasteiger partial charge in [0.15, 0.2) is 6.61 Å². The molecule has 8 heteroatoms. The molecule has 2 amide bonds. The molecule has 1 N–H and O–H groups in total. The van der Waals surface area contributed by atoms with Crippen molar-refractivity contribution in [3.05, 3.63) is 29.8 Å². The second-order valence-corrected chi connectivity index (χ2v) is 6.36. The Bertz CT molecular complexity index is 651. The van der Waals surface area contributed by atoms with Crippen molar-refractivity contribution in [1.29, 1.82) is 0 Å². The van der Waals surface area contributed by atoms with Crippen LogP contribution in [-0.2, 0) is 19.1 Å². The molecule has 0 unspecified atom stereocenters. The van der Waals surface area contributed by atoms with E-state index in [1.165, 1.54) is 0 Å². The molecule has 2 rings (SSSR count). The summed E-state index contributed by atoms with van der Waals surface area (Å²) in [7, 11) is 0. The van der Waals surface area contributed by atoms with Gasteiger partial charge in [0.05, 0.1) is 18.8 Å². The summed E-state index contributed by atoms with van der Waals surface area (Å²) in [5, 5.41) is 2.47. The molecule has 1 saturated heterocycles. The Kier molecular flexibility index (Phi) is 7.60. The van der Waals surface area contributed by atoms with Gasteiger partial charge in [-0.25, -0.2) is 0 Å². The van der Waals surface area contributed by atoms with E-state index in [0.29, 0.717) is 31.0 Å². The summed E-state index contributed by atoms with van der Waals surface area (Å²) in [4.78, 5) is 37.6. The summed E-state index contributed by atoms with van der Waals surface area (Å²) >= 11 is 0. The number of esters is 1. The first-order valence-electron chi connectivity index (χ1n) is 8.99. The van der Waals surface area contributed by atoms with E-state index in [2.05, 4.69) is 5.32 Å². The van der Waals surface area contributed by atoms with Gasteiger partial charge in [-0.2, -0.15) is 0 Å². The maximum atomic E-state index is 12.1. The molecular formula is C19H26N2O6. The fourth-order valence-electron chi connectivity index (χ4n) is 2.79. The van der Waals surface area contributed by atoms with E-state index in [0.717, 1.165) is 0 Å². The Balaban J connectivity index is 1.72. The van der Waals surface area contributed by atoms with Crippen molar-refractivity contribution in [3.8, 4) is 5.75 Å². The van der Waals surface area contributed by atoms with Crippen molar-refractivity contribution in [2.24, 2.45) is 0 Å². The van der Waals surface area contributed by atoms with Crippen LogP contribution in [0.15, 0.2) is 24.3 Å². The molecule has 0 saturated carbocycles. The van der Waals surface area contributed by atoms with E-state index in [1.807, 2.05) is 20.8 Å². The maximum absolute atomic E-state index is 12.1. The zero-order chi connectivity index (χ0) is 19.8. The van der Waals surface area contributed by atoms with Crippen molar-refractivity contribution in [3.63, 3.8) is 0 Å². The number of amides is 2. The third-order valence-corrected chi connectivity index (χ3v) is 3.95. The highest BCUT2D eigenvalue weighted by Crippen LogP contribution is 2.12. The number of nitrogens with one attached hydrogen (secondary N) is 1. The van der Waals surface area contributed by atoms with Gasteiger partial charge in [0.2, 0.25) is 0 Å². The lowest BCUT2D eigenvalue weighted by molar-refractivity contribution is -0.156. The van der Waals surface area contributed by atoms with Gasteiger partial charge in [-0.05, 0) is 45.0 Å². The van der Waals surface area contributed by atoms with E-state index < -0.39 is 11.9 Å². The molecule has 0 aromatic heterocycles. The largest absolute Gasteiger partial charge is 0.494 e. The van der Waals surface area contributed by atoms with E-state index in [9.17, 15) is 14.4 Å². The van der Waals surface area contributed by atoms with E-state index >= 15 is 0 Å². The molecule has 0 radical (unpaired) electrons. The third-order valence-electron chi connectivity index (χ3n) is 3.95. The lowest BCUT2D eigenvalue weighted by Crippen LogP contribution is -2.49. The van der Waals surface area contributed by atoms with Gasteiger partial charge in [-0.1, -0.05) is 0 Å². The molecule has 0 bridgehead atoms. The lowest BCUT2D eigenvalue weighted by Gasteiger charge is -2.35. The average molecular weight is 378 g/mol. The minimum atomic E-state index is -0.669. The van der Waals surface area contributed by atoms with Crippen molar-refractivity contribution < 1.29 is 28.6 Å². The van der Waals surface area contributed by atoms with Crippen LogP contribution in [0.4, 0.5) is 0 Å². The second kappa shape index (κ2) is 9.91. The standard InChI is InChI=1S/C19H26N2O6/c1-4-25-16-7-5-15(6-8-16)19(24)20-9-18(23)26-12-17(22)21-10-13(2)27-14(3)11-21/h5-8,13-14H,4,9-12H2,1-3H3,(H,20,24)/t13-,14-/m1/s1. The molecule has 27 heavy (non-hydrogen) atoms. The van der Waals surface area contributed by atoms with Crippen LogP contribution < -0.4 is 10.1 Å². The molecule has 8 nitrogen and oxygen atoms in total. The van der Waals surface area contributed by atoms with Crippen LogP contribution in [0.2, 0.25) is 0 Å². The minimum absolute atomic E-state index is 0.0539. The van der Waals surface area contributed by atoms with Crippen LogP contribution in [-0.4, -0.2) is 67.7 Å². The highest BCUT2D eigenvalue weighted by atomic mass is 16.5. The first-order chi connectivity index (χ1) is 12.9. The molecule has 0 aliphatic carbocycles. The molecule has 1 aromatic rings. The van der Waals surface area contributed by atoms with Gasteiger partial charge < -0.3 is 24.4 Å². The summed E-state index contributed by atoms with van der Waals surface area (Å²) in [6.07, 6.45) is -0.108. The summed E-state index contributed by atoms with van der Waals surface area (Å²) < 4.78 is 15.8. The predicted molar refractivity (Wildman–Crippen MR) is 97.5 cm³/mol. The topological polar surface area (TPSA) is 94.2 Å². The molecule has 1 aliphatic heterocycles. The van der Waals surface area contributed by atoms with Crippen LogP contribution in [0.1, 0.15) is 31.1 Å². The average Bonchev–Trinajstić information content (AvgIpc) is 2.64. The highest BCUT2D eigenvalue weighted by Gasteiger charge is 2.26. The number of carbonyl (C=O) groups is 3. The summed E-state index contributed by atoms with van der Waals surface area (Å²) in [6.45, 7) is 6.46. The lowest BCUT2D eigenvalue weighted by atomic mass is 10.2. The quantitative estimate of drug-likeness (QED) is 0.711. The number of morpholine rings is 1. The van der Waals surface area contributed by atoms with Crippen molar-refractivity contribution in [2.45, 2.75) is 33.0 Å². The second-order valence-electron chi connectivity index (χ2n) is 6.36. The molecule has 1 aromatic carbocycles. The minimum Gasteiger partial charge on any atom is -0.494 e. The first kappa shape index (κ1) is 20.7. The van der Waals surface area contributed by atoms with Crippen LogP contribution in [0.3, 0.4) is 0 Å². The molecule has 1 fully saturated rings. The number of hydrogen-bond acceptors (Lipinski definition) is 6. The number of benzene rings is 1. The number of ether oxygens (including phenoxy) is 3. The zero-order valence-corrected chi connectivity index (χ0v) is 15.9. The normalized spacial score (nSPS) is 19.3. The molecule has 1 aliphatic rings. The molecule has 2 atom stereocenters. The van der Waals surface area contributed by atoms with E-state index in [4.69, 9.17) is 14.2 Å². The van der Waals surface area contributed by atoms with Crippen molar-refractivity contribution in [2.75, 3.05) is 32.8 Å². The maximum Gasteiger partial charge on any atom is 0.325 e. The van der Waals surface area contributed by atoms with Gasteiger partial charge in [-0.15, -0.1) is 0 Å². The summed E-state index contributed by atoms with van der Waals surface area (Å²) in [5.74, 6) is -0.684. The van der Waals surface area contributed by atoms with Crippen LogP contribution >= 0.6 is 0 Å². The highest BCUT2D eigenvalue weighted by molar-refractivity contribution is 5.96. The van der Waals surface area contributed by atoms with Gasteiger partial charge in [0, 0.05) is 18.7 Å². The monoisotopic (exact) mass is 378 g/mol. The number of carbonyl (C=O) groups excluding carboxylic acids is 3. The van der Waals surface area contributed by atoms with E-state index in [-0.39, 0.29) is 31.3 Å². The van der Waals surface area contributed by atoms with Crippen LogP contribution in [0, 0.1) is 0 Å². The molecule has 148 valence electrons. The van der Waals surface area contributed by atoms with Gasteiger partial charge >= 0.3 is 5.97 Å². The van der Waals surface area contributed by atoms with Gasteiger partial charge in [0.1, 0.15) is 12.3 Å². The third kappa shape index (κ3) is 6.56. The van der Waals surface area contributed by atoms with Crippen LogP contribution in [0.5, 0.6) is 5.75 Å². The van der Waals surface area contributed by atoms with Gasteiger partial charge in [0.25, 0.3) is 11.8 Å². The van der Waals surface area contributed by atoms with E-state index in [1.54, 1.807) is 29.2 Å². The SMILES string of the molecule is CCOc1ccc(C(=O)NCC(=O)OCC(=O)N2C[C@@H](C)O[C@H](C)C2)cc1. The number of nitrogens with zero attached hydrogens (tertiary/aromatic N) is 1. The summed E-state index contributed by atoms with van der Waals surface area (Å²) in [6, 6.07) is 6.57. The Labute approximate surface area is 158 Å². The molecule has 1 heterocycles. The predicted octanol–water partition coefficient (Wildman–Crippen LogP) is 0.994. The fourth-order valence-corrected chi connectivity index (χ4v) is 2.79. The van der Waals surface area contributed by atoms with Gasteiger partial charge in [-0.3, -0.25) is 14.4 Å². The Morgan fingerprint density at radius 1 is 1.15 bits per heavy atom. The molecular weight excluding hydrogens is 352 g/mol. The number of hydrogen-bond donors (Lipinski definition) is 1. The first-order valence-corrected chi connectivity index (χ1v) is 8.99. The van der Waals surface area contributed by atoms with Crippen molar-refractivity contribution >= 4 is 17.8 Å². The Morgan fingerprint density at radius 2 is 1.78 bits per heavy atom. The fraction of sp³-hybridized carbons (Fsp3) is 0.526. The number of rotatable bonds is 7. The summed E-state index contributed by atoms with van der Waals surface area (Å²) in [5.41, 5.74) is 0.402. The smallest absolute Gasteiger partial charge is 0.325 e.